The number of aromatic nitrogens is 1. The van der Waals surface area contributed by atoms with Crippen LogP contribution >= 0.6 is 0 Å². The molecule has 0 aliphatic carbocycles. The van der Waals surface area contributed by atoms with Gasteiger partial charge in [-0.05, 0) is 69.4 Å². The highest BCUT2D eigenvalue weighted by molar-refractivity contribution is 6.05. The lowest BCUT2D eigenvalue weighted by Crippen LogP contribution is -2.59. The van der Waals surface area contributed by atoms with Crippen molar-refractivity contribution in [3.05, 3.63) is 72.6 Å². The molecule has 1 N–H and O–H groups in total. The molecule has 0 spiro atoms. The molecule has 3 unspecified atom stereocenters. The second kappa shape index (κ2) is 11.3. The van der Waals surface area contributed by atoms with Gasteiger partial charge in [-0.3, -0.25) is 24.3 Å². The minimum Gasteiger partial charge on any atom is -0.349 e. The number of nitrogens with one attached hydrogen (secondary N) is 1. The molecule has 1 fully saturated rings. The molecule has 39 heavy (non-hydrogen) atoms. The van der Waals surface area contributed by atoms with Crippen LogP contribution in [0.5, 0.6) is 0 Å². The van der Waals surface area contributed by atoms with Gasteiger partial charge < -0.3 is 10.2 Å². The maximum Gasteiger partial charge on any atom is 0.250 e. The van der Waals surface area contributed by atoms with Crippen LogP contribution in [-0.4, -0.2) is 51.4 Å². The lowest BCUT2D eigenvalue weighted by atomic mass is 9.86. The van der Waals surface area contributed by atoms with Crippen LogP contribution in [0.15, 0.2) is 61.4 Å². The van der Waals surface area contributed by atoms with Gasteiger partial charge in [0.15, 0.2) is 0 Å². The zero-order valence-electron chi connectivity index (χ0n) is 24.1. The number of halogens is 1. The Morgan fingerprint density at radius 2 is 1.79 bits per heavy atom. The monoisotopic (exact) mass is 536 g/mol. The Hall–Kier alpha value is -3.55. The fraction of sp³-hybridized carbons (Fsp3) is 0.484. The molecule has 1 aromatic heterocycles. The summed E-state index contributed by atoms with van der Waals surface area (Å²) in [7, 11) is 0. The van der Waals surface area contributed by atoms with Gasteiger partial charge in [-0.2, -0.15) is 0 Å². The van der Waals surface area contributed by atoms with Crippen molar-refractivity contribution in [2.24, 2.45) is 0 Å². The Labute approximate surface area is 231 Å². The maximum absolute atomic E-state index is 15.4. The molecular weight excluding hydrogens is 495 g/mol. The molecule has 1 aliphatic heterocycles. The largest absolute Gasteiger partial charge is 0.349 e. The van der Waals surface area contributed by atoms with Gasteiger partial charge in [-0.15, -0.1) is 0 Å². The molecule has 1 aliphatic rings. The number of carbonyl (C=O) groups excluding carboxylic acids is 3. The summed E-state index contributed by atoms with van der Waals surface area (Å²) >= 11 is 0. The Morgan fingerprint density at radius 1 is 1.15 bits per heavy atom. The summed E-state index contributed by atoms with van der Waals surface area (Å²) in [6, 6.07) is 8.63. The normalized spacial score (nSPS) is 20.6. The smallest absolute Gasteiger partial charge is 0.250 e. The standard InChI is InChI=1S/C31H41FN4O3/c1-9-25(37)35-18-16-31(8,32)19-24(35)28(39)36(23-14-12-22(13-15-23)29(2,3)4)26(21-11-10-17-33-20-21)27(38)34-30(5,6)7/h9-15,17,20,24,26H,1,16,18-19H2,2-8H3,(H,34,38). The average molecular weight is 537 g/mol. The first-order valence-corrected chi connectivity index (χ1v) is 13.3. The number of amides is 3. The molecule has 0 radical (unpaired) electrons. The Kier molecular flexibility index (Phi) is 8.68. The van der Waals surface area contributed by atoms with E-state index in [1.54, 1.807) is 36.7 Å². The third-order valence-corrected chi connectivity index (χ3v) is 6.87. The van der Waals surface area contributed by atoms with Crippen molar-refractivity contribution in [2.75, 3.05) is 11.4 Å². The van der Waals surface area contributed by atoms with Crippen LogP contribution in [0.1, 0.15) is 78.5 Å². The summed E-state index contributed by atoms with van der Waals surface area (Å²) in [5, 5.41) is 2.99. The van der Waals surface area contributed by atoms with Gasteiger partial charge in [0.2, 0.25) is 11.8 Å². The fourth-order valence-electron chi connectivity index (χ4n) is 4.81. The number of hydrogen-bond donors (Lipinski definition) is 1. The number of alkyl halides is 1. The van der Waals surface area contributed by atoms with Crippen LogP contribution in [0.25, 0.3) is 0 Å². The SMILES string of the molecule is C=CC(=O)N1CCC(C)(F)CC1C(=O)N(c1ccc(C(C)(C)C)cc1)C(C(=O)NC(C)(C)C)c1cccnc1. The molecule has 8 heteroatoms. The molecule has 0 bridgehead atoms. The van der Waals surface area contributed by atoms with Crippen LogP contribution in [0.3, 0.4) is 0 Å². The summed E-state index contributed by atoms with van der Waals surface area (Å²) < 4.78 is 15.4. The summed E-state index contributed by atoms with van der Waals surface area (Å²) in [6.45, 7) is 16.9. The molecule has 210 valence electrons. The van der Waals surface area contributed by atoms with Gasteiger partial charge in [0.1, 0.15) is 17.8 Å². The zero-order chi connectivity index (χ0) is 29.2. The molecule has 2 heterocycles. The van der Waals surface area contributed by atoms with Crippen LogP contribution in [0.2, 0.25) is 0 Å². The number of rotatable bonds is 6. The van der Waals surface area contributed by atoms with E-state index in [9.17, 15) is 14.4 Å². The van der Waals surface area contributed by atoms with E-state index in [0.717, 1.165) is 11.6 Å². The minimum absolute atomic E-state index is 0.0663. The number of benzene rings is 1. The highest BCUT2D eigenvalue weighted by Gasteiger charge is 2.46. The van der Waals surface area contributed by atoms with Gasteiger partial charge in [0.05, 0.1) is 0 Å². The zero-order valence-corrected chi connectivity index (χ0v) is 24.1. The predicted molar refractivity (Wildman–Crippen MR) is 152 cm³/mol. The molecule has 3 rings (SSSR count). The molecular formula is C31H41FN4O3. The third-order valence-electron chi connectivity index (χ3n) is 6.87. The second-order valence-electron chi connectivity index (χ2n) is 12.6. The number of likely N-dealkylation sites (tertiary alicyclic amines) is 1. The lowest BCUT2D eigenvalue weighted by molar-refractivity contribution is -0.141. The van der Waals surface area contributed by atoms with Crippen molar-refractivity contribution in [3.8, 4) is 0 Å². The van der Waals surface area contributed by atoms with Gasteiger partial charge in [0.25, 0.3) is 5.91 Å². The van der Waals surface area contributed by atoms with E-state index in [2.05, 4.69) is 37.7 Å². The molecule has 2 aromatic rings. The number of carbonyl (C=O) groups is 3. The number of hydrogen-bond acceptors (Lipinski definition) is 4. The van der Waals surface area contributed by atoms with E-state index in [-0.39, 0.29) is 24.8 Å². The number of piperidine rings is 1. The second-order valence-corrected chi connectivity index (χ2v) is 12.6. The topological polar surface area (TPSA) is 82.6 Å². The minimum atomic E-state index is -1.66. The Balaban J connectivity index is 2.22. The summed E-state index contributed by atoms with van der Waals surface area (Å²) in [5.74, 6) is -1.41. The molecule has 1 saturated heterocycles. The lowest BCUT2D eigenvalue weighted by Gasteiger charge is -2.43. The molecule has 7 nitrogen and oxygen atoms in total. The van der Waals surface area contributed by atoms with Gasteiger partial charge in [-0.1, -0.05) is 45.5 Å². The van der Waals surface area contributed by atoms with E-state index in [0.29, 0.717) is 11.3 Å². The van der Waals surface area contributed by atoms with Gasteiger partial charge in [-0.25, -0.2) is 4.39 Å². The molecule has 3 amide bonds. The first-order valence-electron chi connectivity index (χ1n) is 13.3. The Bertz CT molecular complexity index is 1200. The first-order chi connectivity index (χ1) is 18.0. The van der Waals surface area contributed by atoms with E-state index in [1.165, 1.54) is 16.7 Å². The highest BCUT2D eigenvalue weighted by atomic mass is 19.1. The number of pyridine rings is 1. The van der Waals surface area contributed by atoms with Crippen LogP contribution in [-0.2, 0) is 19.8 Å². The van der Waals surface area contributed by atoms with Crippen molar-refractivity contribution in [2.45, 2.75) is 90.0 Å². The van der Waals surface area contributed by atoms with Crippen LogP contribution in [0.4, 0.5) is 10.1 Å². The quantitative estimate of drug-likeness (QED) is 0.510. The summed E-state index contributed by atoms with van der Waals surface area (Å²) in [6.07, 6.45) is 4.18. The van der Waals surface area contributed by atoms with Crippen molar-refractivity contribution in [1.82, 2.24) is 15.2 Å². The Morgan fingerprint density at radius 3 is 2.31 bits per heavy atom. The number of nitrogens with zero attached hydrogens (tertiary/aromatic N) is 3. The summed E-state index contributed by atoms with van der Waals surface area (Å²) in [4.78, 5) is 48.1. The third kappa shape index (κ3) is 7.31. The number of anilines is 1. The van der Waals surface area contributed by atoms with Gasteiger partial charge >= 0.3 is 0 Å². The van der Waals surface area contributed by atoms with Crippen molar-refractivity contribution < 1.29 is 18.8 Å². The van der Waals surface area contributed by atoms with Crippen LogP contribution < -0.4 is 10.2 Å². The van der Waals surface area contributed by atoms with Crippen molar-refractivity contribution in [3.63, 3.8) is 0 Å². The van der Waals surface area contributed by atoms with E-state index >= 15 is 4.39 Å². The van der Waals surface area contributed by atoms with Gasteiger partial charge in [0, 0.05) is 42.1 Å². The fourth-order valence-corrected chi connectivity index (χ4v) is 4.81. The summed E-state index contributed by atoms with van der Waals surface area (Å²) in [5.41, 5.74) is -0.372. The van der Waals surface area contributed by atoms with E-state index in [1.807, 2.05) is 32.9 Å². The maximum atomic E-state index is 15.4. The molecule has 1 aromatic carbocycles. The van der Waals surface area contributed by atoms with Crippen molar-refractivity contribution in [1.29, 1.82) is 0 Å². The first kappa shape index (κ1) is 30.0. The predicted octanol–water partition coefficient (Wildman–Crippen LogP) is 5.27. The molecule has 3 atom stereocenters. The van der Waals surface area contributed by atoms with E-state index in [4.69, 9.17) is 0 Å². The average Bonchev–Trinajstić information content (AvgIpc) is 2.84. The molecule has 0 saturated carbocycles. The van der Waals surface area contributed by atoms with Crippen LogP contribution in [0, 0.1) is 0 Å². The van der Waals surface area contributed by atoms with Crippen molar-refractivity contribution >= 4 is 23.4 Å². The highest BCUT2D eigenvalue weighted by Crippen LogP contribution is 2.36. The van der Waals surface area contributed by atoms with E-state index < -0.39 is 41.0 Å².